The van der Waals surface area contributed by atoms with Crippen LogP contribution < -0.4 is 10.6 Å². The molecule has 28 heavy (non-hydrogen) atoms. The van der Waals surface area contributed by atoms with E-state index in [4.69, 9.17) is 4.74 Å². The van der Waals surface area contributed by atoms with E-state index in [2.05, 4.69) is 70.5 Å². The maximum Gasteiger partial charge on any atom is 0.191 e. The van der Waals surface area contributed by atoms with Gasteiger partial charge in [0.2, 0.25) is 0 Å². The van der Waals surface area contributed by atoms with Crippen LogP contribution in [0.15, 0.2) is 29.3 Å². The zero-order valence-electron chi connectivity index (χ0n) is 18.1. The molecule has 1 fully saturated rings. The largest absolute Gasteiger partial charge is 0.377 e. The third-order valence-electron chi connectivity index (χ3n) is 5.33. The highest BCUT2D eigenvalue weighted by atomic mass is 127. The number of halogens is 1. The number of nitrogens with zero attached hydrogens (tertiary/aromatic N) is 3. The third-order valence-corrected chi connectivity index (χ3v) is 5.33. The van der Waals surface area contributed by atoms with Crippen LogP contribution in [0.3, 0.4) is 0 Å². The molecule has 0 aliphatic carbocycles. The van der Waals surface area contributed by atoms with Crippen molar-refractivity contribution < 1.29 is 4.74 Å². The van der Waals surface area contributed by atoms with E-state index in [1.807, 2.05) is 0 Å². The molecule has 1 aromatic carbocycles. The molecule has 1 aromatic rings. The topological polar surface area (TPSA) is 52.1 Å². The molecule has 0 saturated carbocycles. The fraction of sp³-hybridized carbons (Fsp3) is 0.667. The summed E-state index contributed by atoms with van der Waals surface area (Å²) in [5, 5.41) is 6.77. The minimum atomic E-state index is -0.226. The Labute approximate surface area is 188 Å². The number of hydrogen-bond acceptors (Lipinski definition) is 4. The average Bonchev–Trinajstić information content (AvgIpc) is 2.69. The molecule has 0 radical (unpaired) electrons. The standard InChI is InChI=1S/C21H37N5O.HI/c1-6-25-11-13-26(14-12-25)16-19-10-8-7-9-18(19)15-23-20(22-4)24-17-21(2,3)27-5;/h7-10H,6,11-17H2,1-5H3,(H2,22,23,24);1H. The summed E-state index contributed by atoms with van der Waals surface area (Å²) < 4.78 is 5.46. The molecule has 7 heteroatoms. The van der Waals surface area contributed by atoms with Crippen molar-refractivity contribution in [3.05, 3.63) is 35.4 Å². The maximum atomic E-state index is 5.46. The van der Waals surface area contributed by atoms with Gasteiger partial charge in [-0.1, -0.05) is 31.2 Å². The lowest BCUT2D eigenvalue weighted by Gasteiger charge is -2.34. The Morgan fingerprint density at radius 3 is 2.25 bits per heavy atom. The Kier molecular flexibility index (Phi) is 11.3. The van der Waals surface area contributed by atoms with Gasteiger partial charge < -0.3 is 20.3 Å². The second kappa shape index (κ2) is 12.6. The maximum absolute atomic E-state index is 5.46. The fourth-order valence-electron chi connectivity index (χ4n) is 3.16. The lowest BCUT2D eigenvalue weighted by Crippen LogP contribution is -2.46. The number of rotatable bonds is 8. The molecule has 6 nitrogen and oxygen atoms in total. The van der Waals surface area contributed by atoms with Crippen LogP contribution in [-0.4, -0.2) is 74.8 Å². The average molecular weight is 503 g/mol. The molecule has 0 aromatic heterocycles. The van der Waals surface area contributed by atoms with Crippen molar-refractivity contribution in [2.45, 2.75) is 39.5 Å². The summed E-state index contributed by atoms with van der Waals surface area (Å²) >= 11 is 0. The van der Waals surface area contributed by atoms with Crippen molar-refractivity contribution in [3.8, 4) is 0 Å². The summed E-state index contributed by atoms with van der Waals surface area (Å²) in [6.07, 6.45) is 0. The van der Waals surface area contributed by atoms with E-state index in [1.54, 1.807) is 14.2 Å². The highest BCUT2D eigenvalue weighted by Crippen LogP contribution is 2.13. The van der Waals surface area contributed by atoms with Crippen molar-refractivity contribution in [1.82, 2.24) is 20.4 Å². The van der Waals surface area contributed by atoms with Gasteiger partial charge in [-0.15, -0.1) is 24.0 Å². The summed E-state index contributed by atoms with van der Waals surface area (Å²) in [5.41, 5.74) is 2.49. The van der Waals surface area contributed by atoms with E-state index < -0.39 is 0 Å². The number of likely N-dealkylation sites (N-methyl/N-ethyl adjacent to an activating group) is 1. The van der Waals surface area contributed by atoms with Crippen LogP contribution in [0.4, 0.5) is 0 Å². The van der Waals surface area contributed by atoms with Crippen molar-refractivity contribution in [2.75, 3.05) is 53.4 Å². The molecule has 0 unspecified atom stereocenters. The van der Waals surface area contributed by atoms with Crippen molar-refractivity contribution in [1.29, 1.82) is 0 Å². The Bertz CT molecular complexity index is 600. The van der Waals surface area contributed by atoms with E-state index in [0.717, 1.165) is 38.7 Å². The van der Waals surface area contributed by atoms with Crippen molar-refractivity contribution >= 4 is 29.9 Å². The molecule has 1 aliphatic heterocycles. The zero-order valence-corrected chi connectivity index (χ0v) is 20.5. The van der Waals surface area contributed by atoms with Gasteiger partial charge in [0.1, 0.15) is 0 Å². The van der Waals surface area contributed by atoms with Gasteiger partial charge in [0.15, 0.2) is 5.96 Å². The number of guanidine groups is 1. The van der Waals surface area contributed by atoms with E-state index in [1.165, 1.54) is 24.2 Å². The number of hydrogen-bond donors (Lipinski definition) is 2. The number of benzene rings is 1. The van der Waals surface area contributed by atoms with Crippen LogP contribution in [0, 0.1) is 0 Å². The smallest absolute Gasteiger partial charge is 0.191 e. The van der Waals surface area contributed by atoms with Crippen LogP contribution in [0.25, 0.3) is 0 Å². The predicted octanol–water partition coefficient (Wildman–Crippen LogP) is 2.53. The van der Waals surface area contributed by atoms with Crippen LogP contribution in [0.5, 0.6) is 0 Å². The van der Waals surface area contributed by atoms with E-state index >= 15 is 0 Å². The Balaban J connectivity index is 0.00000392. The summed E-state index contributed by atoms with van der Waals surface area (Å²) in [6, 6.07) is 8.69. The van der Waals surface area contributed by atoms with E-state index in [9.17, 15) is 0 Å². The lowest BCUT2D eigenvalue weighted by atomic mass is 10.1. The van der Waals surface area contributed by atoms with Gasteiger partial charge in [0, 0.05) is 60.0 Å². The molecule has 0 atom stereocenters. The first kappa shape index (κ1) is 25.1. The molecule has 2 N–H and O–H groups in total. The molecule has 0 bridgehead atoms. The zero-order chi connectivity index (χ0) is 19.7. The quantitative estimate of drug-likeness (QED) is 0.325. The van der Waals surface area contributed by atoms with Crippen molar-refractivity contribution in [3.63, 3.8) is 0 Å². The molecule has 0 spiro atoms. The number of aliphatic imine (C=N–C) groups is 1. The first-order valence-corrected chi connectivity index (χ1v) is 9.98. The molecular weight excluding hydrogens is 465 g/mol. The summed E-state index contributed by atoms with van der Waals surface area (Å²) in [4.78, 5) is 9.40. The number of methoxy groups -OCH3 is 1. The van der Waals surface area contributed by atoms with E-state index in [-0.39, 0.29) is 29.6 Å². The second-order valence-electron chi connectivity index (χ2n) is 7.72. The number of nitrogens with one attached hydrogen (secondary N) is 2. The predicted molar refractivity (Wildman–Crippen MR) is 129 cm³/mol. The fourth-order valence-corrected chi connectivity index (χ4v) is 3.16. The molecule has 2 rings (SSSR count). The number of piperazine rings is 1. The SMILES string of the molecule is CCN1CCN(Cc2ccccc2CNC(=NC)NCC(C)(C)OC)CC1.I. The molecule has 1 heterocycles. The van der Waals surface area contributed by atoms with Gasteiger partial charge in [0.05, 0.1) is 5.60 Å². The molecule has 160 valence electrons. The molecule has 0 amide bonds. The normalized spacial score (nSPS) is 16.5. The Hall–Kier alpha value is -0.900. The van der Waals surface area contributed by atoms with Gasteiger partial charge in [-0.25, -0.2) is 0 Å². The van der Waals surface area contributed by atoms with Crippen LogP contribution in [0.1, 0.15) is 31.9 Å². The van der Waals surface area contributed by atoms with Gasteiger partial charge in [-0.05, 0) is 31.5 Å². The summed E-state index contributed by atoms with van der Waals surface area (Å²) in [7, 11) is 3.53. The first-order chi connectivity index (χ1) is 13.0. The minimum absolute atomic E-state index is 0. The first-order valence-electron chi connectivity index (χ1n) is 9.98. The van der Waals surface area contributed by atoms with Gasteiger partial charge in [0.25, 0.3) is 0 Å². The highest BCUT2D eigenvalue weighted by molar-refractivity contribution is 14.0. The number of ether oxygens (including phenoxy) is 1. The van der Waals surface area contributed by atoms with Crippen LogP contribution in [0.2, 0.25) is 0 Å². The minimum Gasteiger partial charge on any atom is -0.377 e. The monoisotopic (exact) mass is 503 g/mol. The molecule has 1 saturated heterocycles. The highest BCUT2D eigenvalue weighted by Gasteiger charge is 2.18. The molecular formula is C21H38IN5O. The van der Waals surface area contributed by atoms with Gasteiger partial charge >= 0.3 is 0 Å². The van der Waals surface area contributed by atoms with Crippen LogP contribution in [-0.2, 0) is 17.8 Å². The lowest BCUT2D eigenvalue weighted by molar-refractivity contribution is 0.0268. The molecule has 1 aliphatic rings. The Morgan fingerprint density at radius 2 is 1.68 bits per heavy atom. The van der Waals surface area contributed by atoms with Gasteiger partial charge in [-0.3, -0.25) is 9.89 Å². The summed E-state index contributed by atoms with van der Waals surface area (Å²) in [5.74, 6) is 0.798. The third kappa shape index (κ3) is 8.23. The van der Waals surface area contributed by atoms with Gasteiger partial charge in [-0.2, -0.15) is 0 Å². The Morgan fingerprint density at radius 1 is 1.07 bits per heavy atom. The van der Waals surface area contributed by atoms with Crippen molar-refractivity contribution in [2.24, 2.45) is 4.99 Å². The second-order valence-corrected chi connectivity index (χ2v) is 7.72. The van der Waals surface area contributed by atoms with E-state index in [0.29, 0.717) is 6.54 Å². The van der Waals surface area contributed by atoms with Crippen LogP contribution >= 0.6 is 24.0 Å². The summed E-state index contributed by atoms with van der Waals surface area (Å²) in [6.45, 7) is 14.6.